The lowest BCUT2D eigenvalue weighted by Gasteiger charge is -2.35. The van der Waals surface area contributed by atoms with Gasteiger partial charge in [-0.25, -0.2) is 0 Å². The monoisotopic (exact) mass is 447 g/mol. The molecule has 32 heavy (non-hydrogen) atoms. The standard InChI is InChI=1S/C27H37NO4/c1-26(2,31-4)24(28-25(30)23(18-29)20-10-6-5-7-11-20)21-12-14-22(15-13-21)32-19-27(3)16-8-9-17-27/h5-7,10-15,23-24,29H,8-9,16-19H2,1-4H3,(H,28,30)/t23-,24+/m0/s1/i1D3,2D3,19D2. The van der Waals surface area contributed by atoms with Gasteiger partial charge in [0.05, 0.1) is 33.5 Å². The topological polar surface area (TPSA) is 67.8 Å². The van der Waals surface area contributed by atoms with E-state index in [2.05, 4.69) is 5.32 Å². The zero-order valence-electron chi connectivity index (χ0n) is 26.6. The van der Waals surface area contributed by atoms with Crippen LogP contribution in [0.25, 0.3) is 0 Å². The van der Waals surface area contributed by atoms with Crippen molar-refractivity contribution in [3.05, 3.63) is 65.7 Å². The first-order chi connectivity index (χ1) is 18.5. The molecule has 1 fully saturated rings. The lowest BCUT2D eigenvalue weighted by molar-refractivity contribution is -0.126. The fourth-order valence-electron chi connectivity index (χ4n) is 3.97. The molecule has 1 aliphatic carbocycles. The SMILES string of the molecule is [2H]C([2H])([2H])C(OC)([C@H](NC(=O)[C@@H](CO)c1ccccc1)c1ccc(OC([2H])([2H])C2(C)CCCC2)cc1)C([2H])([2H])[2H]. The smallest absolute Gasteiger partial charge is 0.230 e. The van der Waals surface area contributed by atoms with Crippen LogP contribution in [0.5, 0.6) is 5.75 Å². The highest BCUT2D eigenvalue weighted by Crippen LogP contribution is 2.38. The summed E-state index contributed by atoms with van der Waals surface area (Å²) in [5.41, 5.74) is -2.99. The molecule has 5 heteroatoms. The molecule has 1 saturated carbocycles. The number of aliphatic hydroxyl groups excluding tert-OH is 1. The van der Waals surface area contributed by atoms with E-state index in [-0.39, 0.29) is 11.3 Å². The van der Waals surface area contributed by atoms with E-state index in [0.29, 0.717) is 18.4 Å². The Morgan fingerprint density at radius 3 is 2.38 bits per heavy atom. The van der Waals surface area contributed by atoms with Gasteiger partial charge in [0.25, 0.3) is 0 Å². The molecule has 0 unspecified atom stereocenters. The third-order valence-corrected chi connectivity index (χ3v) is 6.05. The van der Waals surface area contributed by atoms with Crippen molar-refractivity contribution < 1.29 is 30.3 Å². The molecule has 5 nitrogen and oxygen atoms in total. The number of carbonyl (C=O) groups is 1. The van der Waals surface area contributed by atoms with Gasteiger partial charge in [0.1, 0.15) is 5.75 Å². The first kappa shape index (κ1) is 15.5. The number of amides is 1. The Morgan fingerprint density at radius 1 is 1.16 bits per heavy atom. The zero-order chi connectivity index (χ0) is 30.0. The van der Waals surface area contributed by atoms with Gasteiger partial charge in [-0.3, -0.25) is 4.79 Å². The molecule has 2 aromatic rings. The number of methoxy groups -OCH3 is 1. The van der Waals surface area contributed by atoms with Crippen LogP contribution in [-0.4, -0.2) is 36.9 Å². The Balaban J connectivity index is 2.05. The number of carbonyl (C=O) groups excluding carboxylic acids is 1. The van der Waals surface area contributed by atoms with Crippen molar-refractivity contribution in [3.63, 3.8) is 0 Å². The summed E-state index contributed by atoms with van der Waals surface area (Å²) in [6, 6.07) is 12.2. The molecule has 0 aromatic heterocycles. The lowest BCUT2D eigenvalue weighted by atomic mass is 9.89. The maximum Gasteiger partial charge on any atom is 0.230 e. The van der Waals surface area contributed by atoms with Gasteiger partial charge >= 0.3 is 0 Å². The van der Waals surface area contributed by atoms with Crippen LogP contribution in [0.1, 0.15) is 80.4 Å². The summed E-state index contributed by atoms with van der Waals surface area (Å²) < 4.78 is 77.2. The first-order valence-electron chi connectivity index (χ1n) is 14.8. The van der Waals surface area contributed by atoms with Crippen LogP contribution < -0.4 is 10.1 Å². The van der Waals surface area contributed by atoms with Crippen LogP contribution in [0, 0.1) is 5.41 Å². The minimum Gasteiger partial charge on any atom is -0.493 e. The van der Waals surface area contributed by atoms with Gasteiger partial charge < -0.3 is 19.9 Å². The van der Waals surface area contributed by atoms with Gasteiger partial charge in [0.2, 0.25) is 5.91 Å². The van der Waals surface area contributed by atoms with Crippen molar-refractivity contribution in [2.75, 3.05) is 20.3 Å². The van der Waals surface area contributed by atoms with Crippen molar-refractivity contribution in [1.82, 2.24) is 5.32 Å². The Labute approximate surface area is 203 Å². The average Bonchev–Trinajstić information content (AvgIpc) is 3.32. The fourth-order valence-corrected chi connectivity index (χ4v) is 3.97. The maximum atomic E-state index is 13.4. The van der Waals surface area contributed by atoms with Gasteiger partial charge in [0.15, 0.2) is 0 Å². The van der Waals surface area contributed by atoms with Crippen LogP contribution in [0.3, 0.4) is 0 Å². The van der Waals surface area contributed by atoms with Gasteiger partial charge in [-0.2, -0.15) is 0 Å². The van der Waals surface area contributed by atoms with Crippen molar-refractivity contribution >= 4 is 5.91 Å². The van der Waals surface area contributed by atoms with Crippen LogP contribution in [0.15, 0.2) is 54.6 Å². The van der Waals surface area contributed by atoms with E-state index in [1.807, 2.05) is 6.92 Å². The second kappa shape index (κ2) is 10.5. The van der Waals surface area contributed by atoms with E-state index in [0.717, 1.165) is 20.0 Å². The molecule has 2 N–H and O–H groups in total. The average molecular weight is 448 g/mol. The van der Waals surface area contributed by atoms with Crippen LogP contribution >= 0.6 is 0 Å². The fraction of sp³-hybridized carbons (Fsp3) is 0.519. The molecule has 1 amide bonds. The quantitative estimate of drug-likeness (QED) is 0.538. The Hall–Kier alpha value is -2.37. The first-order valence-corrected chi connectivity index (χ1v) is 10.8. The van der Waals surface area contributed by atoms with Crippen molar-refractivity contribution in [1.29, 1.82) is 0 Å². The predicted octanol–water partition coefficient (Wildman–Crippen LogP) is 5.00. The number of hydrogen-bond acceptors (Lipinski definition) is 4. The summed E-state index contributed by atoms with van der Waals surface area (Å²) in [7, 11) is 0.965. The minimum absolute atomic E-state index is 0.0900. The highest BCUT2D eigenvalue weighted by atomic mass is 16.5. The Kier molecular flexibility index (Phi) is 5.07. The van der Waals surface area contributed by atoms with E-state index in [1.165, 1.54) is 24.3 Å². The molecule has 1 aliphatic rings. The zero-order valence-corrected chi connectivity index (χ0v) is 18.6. The molecule has 0 heterocycles. The van der Waals surface area contributed by atoms with Crippen LogP contribution in [-0.2, 0) is 9.53 Å². The van der Waals surface area contributed by atoms with Crippen molar-refractivity contribution in [2.45, 2.75) is 63.9 Å². The summed E-state index contributed by atoms with van der Waals surface area (Å²) in [5.74, 6) is -1.73. The third-order valence-electron chi connectivity index (χ3n) is 6.05. The number of ether oxygens (including phenoxy) is 2. The number of rotatable bonds is 10. The van der Waals surface area contributed by atoms with Crippen LogP contribution in [0.2, 0.25) is 0 Å². The number of hydrogen-bond donors (Lipinski definition) is 2. The summed E-state index contributed by atoms with van der Waals surface area (Å²) in [6.07, 6.45) is 3.15. The molecule has 2 aromatic carbocycles. The second-order valence-corrected chi connectivity index (χ2v) is 8.57. The normalized spacial score (nSPS) is 22.5. The number of nitrogens with one attached hydrogen (secondary N) is 1. The van der Waals surface area contributed by atoms with Gasteiger partial charge in [0, 0.05) is 20.7 Å². The van der Waals surface area contributed by atoms with Crippen LogP contribution in [0.4, 0.5) is 0 Å². The van der Waals surface area contributed by atoms with E-state index < -0.39 is 55.8 Å². The molecule has 0 aliphatic heterocycles. The van der Waals surface area contributed by atoms with Crippen molar-refractivity contribution in [2.24, 2.45) is 5.41 Å². The van der Waals surface area contributed by atoms with E-state index >= 15 is 0 Å². The molecule has 0 bridgehead atoms. The molecule has 0 saturated heterocycles. The molecule has 0 radical (unpaired) electrons. The van der Waals surface area contributed by atoms with Gasteiger partial charge in [-0.15, -0.1) is 0 Å². The number of aliphatic hydroxyl groups is 1. The molecule has 2 atom stereocenters. The van der Waals surface area contributed by atoms with E-state index in [1.54, 1.807) is 30.3 Å². The highest BCUT2D eigenvalue weighted by molar-refractivity contribution is 5.84. The summed E-state index contributed by atoms with van der Waals surface area (Å²) in [6.45, 7) is -7.20. The molecule has 174 valence electrons. The van der Waals surface area contributed by atoms with Crippen molar-refractivity contribution in [3.8, 4) is 5.75 Å². The number of benzene rings is 2. The molecular weight excluding hydrogens is 402 g/mol. The van der Waals surface area contributed by atoms with E-state index in [9.17, 15) is 9.90 Å². The maximum absolute atomic E-state index is 13.4. The van der Waals surface area contributed by atoms with E-state index in [4.69, 9.17) is 20.4 Å². The predicted molar refractivity (Wildman–Crippen MR) is 127 cm³/mol. The molecule has 3 rings (SSSR count). The summed E-state index contributed by atoms with van der Waals surface area (Å²) in [4.78, 5) is 13.4. The van der Waals surface area contributed by atoms with Gasteiger partial charge in [-0.1, -0.05) is 62.2 Å². The molecule has 0 spiro atoms. The highest BCUT2D eigenvalue weighted by Gasteiger charge is 2.34. The van der Waals surface area contributed by atoms with Gasteiger partial charge in [-0.05, 0) is 49.8 Å². The Morgan fingerprint density at radius 2 is 1.81 bits per heavy atom. The lowest BCUT2D eigenvalue weighted by Crippen LogP contribution is -2.45. The summed E-state index contributed by atoms with van der Waals surface area (Å²) >= 11 is 0. The summed E-state index contributed by atoms with van der Waals surface area (Å²) in [5, 5.41) is 12.5. The molecular formula is C27H37NO4. The third kappa shape index (κ3) is 5.90. The minimum atomic E-state index is -3.23. The second-order valence-electron chi connectivity index (χ2n) is 8.57. The largest absolute Gasteiger partial charge is 0.493 e. The Bertz CT molecular complexity index is 1120.